The number of benzene rings is 2. The minimum Gasteiger partial charge on any atom is -0.454 e. The second-order valence-corrected chi connectivity index (χ2v) is 8.43. The Morgan fingerprint density at radius 1 is 1.17 bits per heavy atom. The molecule has 0 bridgehead atoms. The average Bonchev–Trinajstić information content (AvgIpc) is 3.19. The Kier molecular flexibility index (Phi) is 6.26. The fraction of sp³-hybridized carbons (Fsp3) is 0.348. The molecule has 1 aliphatic heterocycles. The van der Waals surface area contributed by atoms with Crippen LogP contribution in [0.5, 0.6) is 11.5 Å². The molecular weight excluding hydrogens is 404 g/mol. The van der Waals surface area contributed by atoms with Gasteiger partial charge in [0.2, 0.25) is 6.79 Å². The maximum atomic E-state index is 6.38. The zero-order valence-corrected chi connectivity index (χ0v) is 18.1. The van der Waals surface area contributed by atoms with E-state index in [-0.39, 0.29) is 6.79 Å². The quantitative estimate of drug-likeness (QED) is 0.471. The van der Waals surface area contributed by atoms with Crippen molar-refractivity contribution in [2.45, 2.75) is 32.7 Å². The standard InChI is InChI=1S/C23H25ClN2O2S/c1-16-7-9-19(24)20(11-16)25-23(29)26(13-17-5-3-2-4-6-17)14-18-8-10-21-22(12-18)28-15-27-21/h2-3,7-12,17H,4-6,13-15H2,1H3,(H,25,29). The Labute approximate surface area is 182 Å². The molecule has 1 aliphatic carbocycles. The van der Waals surface area contributed by atoms with Gasteiger partial charge >= 0.3 is 0 Å². The van der Waals surface area contributed by atoms with Crippen LogP contribution in [0.2, 0.25) is 5.02 Å². The summed E-state index contributed by atoms with van der Waals surface area (Å²) in [4.78, 5) is 2.23. The van der Waals surface area contributed by atoms with Crippen molar-refractivity contribution < 1.29 is 9.47 Å². The largest absolute Gasteiger partial charge is 0.454 e. The summed E-state index contributed by atoms with van der Waals surface area (Å²) in [6.45, 7) is 3.92. The van der Waals surface area contributed by atoms with E-state index in [1.54, 1.807) is 0 Å². The molecule has 1 N–H and O–H groups in total. The number of anilines is 1. The van der Waals surface area contributed by atoms with Crippen LogP contribution in [0.3, 0.4) is 0 Å². The highest BCUT2D eigenvalue weighted by atomic mass is 35.5. The molecule has 0 radical (unpaired) electrons. The van der Waals surface area contributed by atoms with Crippen LogP contribution in [0.15, 0.2) is 48.6 Å². The Balaban J connectivity index is 1.53. The van der Waals surface area contributed by atoms with Gasteiger partial charge in [-0.25, -0.2) is 0 Å². The molecule has 29 heavy (non-hydrogen) atoms. The lowest BCUT2D eigenvalue weighted by atomic mass is 9.94. The van der Waals surface area contributed by atoms with Gasteiger partial charge in [0.15, 0.2) is 16.6 Å². The van der Waals surface area contributed by atoms with Crippen LogP contribution >= 0.6 is 23.8 Å². The number of hydrogen-bond donors (Lipinski definition) is 1. The van der Waals surface area contributed by atoms with Gasteiger partial charge in [0.1, 0.15) is 0 Å². The molecule has 1 unspecified atom stereocenters. The predicted molar refractivity (Wildman–Crippen MR) is 122 cm³/mol. The molecule has 0 amide bonds. The molecule has 2 aromatic rings. The number of rotatable bonds is 5. The van der Waals surface area contributed by atoms with Gasteiger partial charge in [-0.3, -0.25) is 0 Å². The molecule has 2 aliphatic rings. The van der Waals surface area contributed by atoms with Gasteiger partial charge in [-0.2, -0.15) is 0 Å². The first kappa shape index (κ1) is 20.0. The predicted octanol–water partition coefficient (Wildman–Crippen LogP) is 5.93. The second-order valence-electron chi connectivity index (χ2n) is 7.63. The van der Waals surface area contributed by atoms with Gasteiger partial charge in [0, 0.05) is 13.1 Å². The Morgan fingerprint density at radius 2 is 2.03 bits per heavy atom. The minimum absolute atomic E-state index is 0.280. The van der Waals surface area contributed by atoms with E-state index < -0.39 is 0 Å². The summed E-state index contributed by atoms with van der Waals surface area (Å²) in [5.41, 5.74) is 3.12. The Morgan fingerprint density at radius 3 is 2.86 bits per heavy atom. The number of allylic oxidation sites excluding steroid dienone is 2. The lowest BCUT2D eigenvalue weighted by molar-refractivity contribution is 0.174. The number of fused-ring (bicyclic) bond motifs is 1. The van der Waals surface area contributed by atoms with E-state index in [0.29, 0.717) is 22.6 Å². The van der Waals surface area contributed by atoms with Crippen LogP contribution in [-0.2, 0) is 6.54 Å². The summed E-state index contributed by atoms with van der Waals surface area (Å²) >= 11 is 12.2. The fourth-order valence-corrected chi connectivity index (χ4v) is 4.16. The van der Waals surface area contributed by atoms with Crippen LogP contribution in [0, 0.1) is 12.8 Å². The molecule has 152 valence electrons. The monoisotopic (exact) mass is 428 g/mol. The van der Waals surface area contributed by atoms with Crippen LogP contribution < -0.4 is 14.8 Å². The first-order chi connectivity index (χ1) is 14.1. The summed E-state index contributed by atoms with van der Waals surface area (Å²) in [5, 5.41) is 4.72. The number of nitrogens with zero attached hydrogens (tertiary/aromatic N) is 1. The van der Waals surface area contributed by atoms with Crippen molar-refractivity contribution in [2.75, 3.05) is 18.7 Å². The highest BCUT2D eigenvalue weighted by Crippen LogP contribution is 2.33. The van der Waals surface area contributed by atoms with Gasteiger partial charge in [0.05, 0.1) is 10.7 Å². The molecule has 4 rings (SSSR count). The minimum atomic E-state index is 0.280. The first-order valence-electron chi connectivity index (χ1n) is 9.94. The normalized spacial score (nSPS) is 17.2. The number of thiocarbonyl (C=S) groups is 1. The second kappa shape index (κ2) is 9.06. The summed E-state index contributed by atoms with van der Waals surface area (Å²) in [7, 11) is 0. The van der Waals surface area contributed by atoms with Gasteiger partial charge < -0.3 is 19.7 Å². The van der Waals surface area contributed by atoms with Crippen LogP contribution in [0.1, 0.15) is 30.4 Å². The third kappa shape index (κ3) is 5.03. The summed E-state index contributed by atoms with van der Waals surface area (Å²) in [6.07, 6.45) is 7.95. The smallest absolute Gasteiger partial charge is 0.231 e. The van der Waals surface area contributed by atoms with Gasteiger partial charge in [-0.15, -0.1) is 0 Å². The van der Waals surface area contributed by atoms with Crippen molar-refractivity contribution >= 4 is 34.6 Å². The number of aryl methyl sites for hydroxylation is 1. The number of nitrogens with one attached hydrogen (secondary N) is 1. The third-order valence-electron chi connectivity index (χ3n) is 5.32. The van der Waals surface area contributed by atoms with Crippen LogP contribution in [-0.4, -0.2) is 23.4 Å². The van der Waals surface area contributed by atoms with E-state index in [9.17, 15) is 0 Å². The Bertz CT molecular complexity index is 931. The lowest BCUT2D eigenvalue weighted by Gasteiger charge is -2.31. The molecule has 2 aromatic carbocycles. The zero-order chi connectivity index (χ0) is 20.2. The lowest BCUT2D eigenvalue weighted by Crippen LogP contribution is -2.38. The van der Waals surface area contributed by atoms with Crippen molar-refractivity contribution in [3.63, 3.8) is 0 Å². The molecule has 4 nitrogen and oxygen atoms in total. The van der Waals surface area contributed by atoms with Gasteiger partial charge in [-0.1, -0.05) is 35.9 Å². The molecule has 6 heteroatoms. The molecule has 0 aromatic heterocycles. The van der Waals surface area contributed by atoms with E-state index in [1.807, 2.05) is 37.3 Å². The molecule has 0 fully saturated rings. The van der Waals surface area contributed by atoms with E-state index in [1.165, 1.54) is 6.42 Å². The molecule has 0 saturated carbocycles. The van der Waals surface area contributed by atoms with Crippen LogP contribution in [0.25, 0.3) is 0 Å². The van der Waals surface area contributed by atoms with E-state index >= 15 is 0 Å². The topological polar surface area (TPSA) is 33.7 Å². The van der Waals surface area contributed by atoms with Crippen LogP contribution in [0.4, 0.5) is 5.69 Å². The van der Waals surface area contributed by atoms with Crippen molar-refractivity contribution in [2.24, 2.45) is 5.92 Å². The number of halogens is 1. The van der Waals surface area contributed by atoms with Crippen molar-refractivity contribution in [1.82, 2.24) is 4.90 Å². The molecule has 0 saturated heterocycles. The summed E-state index contributed by atoms with van der Waals surface area (Å²) in [5.74, 6) is 2.18. The van der Waals surface area contributed by atoms with Crippen molar-refractivity contribution in [1.29, 1.82) is 0 Å². The summed E-state index contributed by atoms with van der Waals surface area (Å²) < 4.78 is 11.0. The van der Waals surface area contributed by atoms with Gasteiger partial charge in [0.25, 0.3) is 0 Å². The van der Waals surface area contributed by atoms with E-state index in [4.69, 9.17) is 33.3 Å². The highest BCUT2D eigenvalue weighted by molar-refractivity contribution is 7.80. The van der Waals surface area contributed by atoms with Crippen molar-refractivity contribution in [3.05, 3.63) is 64.7 Å². The van der Waals surface area contributed by atoms with Gasteiger partial charge in [-0.05, 0) is 79.7 Å². The number of hydrogen-bond acceptors (Lipinski definition) is 3. The fourth-order valence-electron chi connectivity index (χ4n) is 3.74. The SMILES string of the molecule is Cc1ccc(Cl)c(NC(=S)N(Cc2ccc3c(c2)OCO3)CC2CC=CCC2)c1. The zero-order valence-electron chi connectivity index (χ0n) is 16.5. The van der Waals surface area contributed by atoms with Crippen molar-refractivity contribution in [3.8, 4) is 11.5 Å². The average molecular weight is 429 g/mol. The molecule has 1 atom stereocenters. The Hall–Kier alpha value is -2.24. The first-order valence-corrected chi connectivity index (χ1v) is 10.7. The maximum Gasteiger partial charge on any atom is 0.231 e. The maximum absolute atomic E-state index is 6.38. The molecule has 1 heterocycles. The van der Waals surface area contributed by atoms with E-state index in [0.717, 1.165) is 47.7 Å². The molecular formula is C23H25ClN2O2S. The molecule has 0 spiro atoms. The highest BCUT2D eigenvalue weighted by Gasteiger charge is 2.20. The third-order valence-corrected chi connectivity index (χ3v) is 6.01. The summed E-state index contributed by atoms with van der Waals surface area (Å²) in [6, 6.07) is 12.0. The van der Waals surface area contributed by atoms with E-state index in [2.05, 4.69) is 28.4 Å². The number of ether oxygens (including phenoxy) is 2.